The van der Waals surface area contributed by atoms with Crippen LogP contribution >= 0.6 is 15.9 Å². The summed E-state index contributed by atoms with van der Waals surface area (Å²) in [6.45, 7) is 5.30. The van der Waals surface area contributed by atoms with E-state index in [1.807, 2.05) is 0 Å². The highest BCUT2D eigenvalue weighted by molar-refractivity contribution is 9.10. The average Bonchev–Trinajstić information content (AvgIpc) is 2.41. The Morgan fingerprint density at radius 1 is 1.05 bits per heavy atom. The summed E-state index contributed by atoms with van der Waals surface area (Å²) in [6.07, 6.45) is 1.02. The molecule has 2 rings (SSSR count). The van der Waals surface area contributed by atoms with Gasteiger partial charge in [0.05, 0.1) is 0 Å². The summed E-state index contributed by atoms with van der Waals surface area (Å²) in [7, 11) is 0. The molecule has 1 atom stereocenters. The molecular weight excluding hydrogens is 298 g/mol. The van der Waals surface area contributed by atoms with Crippen LogP contribution in [0, 0.1) is 6.92 Å². The third-order valence-corrected chi connectivity index (χ3v) is 4.14. The number of aryl methyl sites for hydroxylation is 1. The molecule has 0 fully saturated rings. The maximum Gasteiger partial charge on any atom is 0.0372 e. The second-order valence-electron chi connectivity index (χ2n) is 4.76. The first-order valence-corrected chi connectivity index (χ1v) is 7.54. The predicted molar refractivity (Wildman–Crippen MR) is 85.4 cm³/mol. The molecule has 1 nitrogen and oxygen atoms in total. The fraction of sp³-hybridized carbons (Fsp3) is 0.294. The predicted octanol–water partition coefficient (Wildman–Crippen LogP) is 4.65. The van der Waals surface area contributed by atoms with Crippen LogP contribution in [0.3, 0.4) is 0 Å². The van der Waals surface area contributed by atoms with Crippen LogP contribution in [0.15, 0.2) is 53.0 Å². The molecule has 1 unspecified atom stereocenters. The lowest BCUT2D eigenvalue weighted by molar-refractivity contribution is 0.547. The Hall–Kier alpha value is -1.12. The van der Waals surface area contributed by atoms with E-state index in [1.165, 1.54) is 21.2 Å². The Morgan fingerprint density at radius 2 is 1.74 bits per heavy atom. The lowest BCUT2D eigenvalue weighted by atomic mass is 9.96. The van der Waals surface area contributed by atoms with Crippen molar-refractivity contribution in [3.8, 4) is 0 Å². The SMILES string of the molecule is CCNC(Cc1ccccc1C)c1ccccc1Br. The normalized spacial score (nSPS) is 12.4. The van der Waals surface area contributed by atoms with Gasteiger partial charge in [-0.1, -0.05) is 65.3 Å². The highest BCUT2D eigenvalue weighted by Gasteiger charge is 2.14. The largest absolute Gasteiger partial charge is 0.310 e. The minimum Gasteiger partial charge on any atom is -0.310 e. The number of hydrogen-bond donors (Lipinski definition) is 1. The van der Waals surface area contributed by atoms with E-state index >= 15 is 0 Å². The Morgan fingerprint density at radius 3 is 2.42 bits per heavy atom. The summed E-state index contributed by atoms with van der Waals surface area (Å²) in [4.78, 5) is 0. The average molecular weight is 318 g/mol. The molecule has 2 aromatic rings. The van der Waals surface area contributed by atoms with Crippen molar-refractivity contribution in [1.29, 1.82) is 0 Å². The molecule has 2 aromatic carbocycles. The van der Waals surface area contributed by atoms with Gasteiger partial charge in [0.25, 0.3) is 0 Å². The summed E-state index contributed by atoms with van der Waals surface area (Å²) >= 11 is 3.66. The Balaban J connectivity index is 2.27. The molecule has 0 amide bonds. The molecule has 0 saturated carbocycles. The number of benzene rings is 2. The van der Waals surface area contributed by atoms with Gasteiger partial charge in [-0.15, -0.1) is 0 Å². The maximum absolute atomic E-state index is 3.66. The van der Waals surface area contributed by atoms with Gasteiger partial charge in [-0.2, -0.15) is 0 Å². The van der Waals surface area contributed by atoms with Crippen LogP contribution in [0.25, 0.3) is 0 Å². The molecular formula is C17H20BrN. The topological polar surface area (TPSA) is 12.0 Å². The quantitative estimate of drug-likeness (QED) is 0.846. The van der Waals surface area contributed by atoms with Gasteiger partial charge in [-0.3, -0.25) is 0 Å². The Kier molecular flexibility index (Phi) is 5.17. The molecule has 0 radical (unpaired) electrons. The third kappa shape index (κ3) is 3.68. The smallest absolute Gasteiger partial charge is 0.0372 e. The zero-order valence-corrected chi connectivity index (χ0v) is 13.1. The zero-order valence-electron chi connectivity index (χ0n) is 11.5. The molecule has 0 aliphatic rings. The zero-order chi connectivity index (χ0) is 13.7. The standard InChI is InChI=1S/C17H20BrN/c1-3-19-17(15-10-6-7-11-16(15)18)12-14-9-5-4-8-13(14)2/h4-11,17,19H,3,12H2,1-2H3. The first-order valence-electron chi connectivity index (χ1n) is 6.74. The molecule has 0 aromatic heterocycles. The van der Waals surface area contributed by atoms with Crippen molar-refractivity contribution in [2.75, 3.05) is 6.54 Å². The van der Waals surface area contributed by atoms with Crippen LogP contribution in [-0.4, -0.2) is 6.54 Å². The van der Waals surface area contributed by atoms with E-state index in [4.69, 9.17) is 0 Å². The van der Waals surface area contributed by atoms with Gasteiger partial charge in [-0.05, 0) is 42.6 Å². The minimum atomic E-state index is 0.349. The van der Waals surface area contributed by atoms with E-state index in [1.54, 1.807) is 0 Å². The number of likely N-dealkylation sites (N-methyl/N-ethyl adjacent to an activating group) is 1. The van der Waals surface area contributed by atoms with Crippen molar-refractivity contribution < 1.29 is 0 Å². The molecule has 0 saturated heterocycles. The number of hydrogen-bond acceptors (Lipinski definition) is 1. The van der Waals surface area contributed by atoms with E-state index in [-0.39, 0.29) is 0 Å². The lowest BCUT2D eigenvalue weighted by Gasteiger charge is -2.20. The summed E-state index contributed by atoms with van der Waals surface area (Å²) in [5, 5.41) is 3.59. The van der Waals surface area contributed by atoms with Crippen molar-refractivity contribution in [1.82, 2.24) is 5.32 Å². The second-order valence-corrected chi connectivity index (χ2v) is 5.62. The van der Waals surface area contributed by atoms with Gasteiger partial charge in [0.15, 0.2) is 0 Å². The summed E-state index contributed by atoms with van der Waals surface area (Å²) in [5.41, 5.74) is 4.09. The van der Waals surface area contributed by atoms with Gasteiger partial charge in [-0.25, -0.2) is 0 Å². The highest BCUT2D eigenvalue weighted by Crippen LogP contribution is 2.26. The van der Waals surface area contributed by atoms with Gasteiger partial charge >= 0.3 is 0 Å². The van der Waals surface area contributed by atoms with E-state index in [0.717, 1.165) is 13.0 Å². The second kappa shape index (κ2) is 6.88. The van der Waals surface area contributed by atoms with E-state index in [0.29, 0.717) is 6.04 Å². The van der Waals surface area contributed by atoms with Crippen molar-refractivity contribution in [3.63, 3.8) is 0 Å². The molecule has 2 heteroatoms. The fourth-order valence-electron chi connectivity index (χ4n) is 2.36. The van der Waals surface area contributed by atoms with Crippen molar-refractivity contribution in [2.24, 2.45) is 0 Å². The van der Waals surface area contributed by atoms with Crippen LogP contribution in [0.2, 0.25) is 0 Å². The van der Waals surface area contributed by atoms with Crippen LogP contribution in [0.5, 0.6) is 0 Å². The molecule has 0 spiro atoms. The summed E-state index contributed by atoms with van der Waals surface area (Å²) < 4.78 is 1.18. The van der Waals surface area contributed by atoms with Crippen molar-refractivity contribution >= 4 is 15.9 Å². The van der Waals surface area contributed by atoms with Gasteiger partial charge in [0.1, 0.15) is 0 Å². The number of rotatable bonds is 5. The first-order chi connectivity index (χ1) is 9.22. The molecule has 0 aliphatic carbocycles. The first kappa shape index (κ1) is 14.3. The van der Waals surface area contributed by atoms with Gasteiger partial charge in [0.2, 0.25) is 0 Å². The molecule has 0 aliphatic heterocycles. The minimum absolute atomic E-state index is 0.349. The number of nitrogens with one attached hydrogen (secondary N) is 1. The van der Waals surface area contributed by atoms with Gasteiger partial charge < -0.3 is 5.32 Å². The summed E-state index contributed by atoms with van der Waals surface area (Å²) in [6, 6.07) is 17.4. The summed E-state index contributed by atoms with van der Waals surface area (Å²) in [5.74, 6) is 0. The fourth-order valence-corrected chi connectivity index (χ4v) is 2.92. The van der Waals surface area contributed by atoms with Crippen LogP contribution < -0.4 is 5.32 Å². The van der Waals surface area contributed by atoms with Crippen LogP contribution in [0.4, 0.5) is 0 Å². The molecule has 100 valence electrons. The van der Waals surface area contributed by atoms with E-state index < -0.39 is 0 Å². The van der Waals surface area contributed by atoms with Crippen LogP contribution in [0.1, 0.15) is 29.7 Å². The number of halogens is 1. The third-order valence-electron chi connectivity index (χ3n) is 3.42. The van der Waals surface area contributed by atoms with Crippen LogP contribution in [-0.2, 0) is 6.42 Å². The van der Waals surface area contributed by atoms with Crippen molar-refractivity contribution in [2.45, 2.75) is 26.3 Å². The Labute approximate surface area is 124 Å². The van der Waals surface area contributed by atoms with E-state index in [9.17, 15) is 0 Å². The molecule has 0 heterocycles. The molecule has 19 heavy (non-hydrogen) atoms. The van der Waals surface area contributed by atoms with Gasteiger partial charge in [0, 0.05) is 10.5 Å². The Bertz CT molecular complexity index is 536. The van der Waals surface area contributed by atoms with E-state index in [2.05, 4.69) is 83.6 Å². The van der Waals surface area contributed by atoms with Crippen molar-refractivity contribution in [3.05, 3.63) is 69.7 Å². The lowest BCUT2D eigenvalue weighted by Crippen LogP contribution is -2.23. The monoisotopic (exact) mass is 317 g/mol. The molecule has 1 N–H and O–H groups in total. The maximum atomic E-state index is 3.66. The highest BCUT2D eigenvalue weighted by atomic mass is 79.9. The molecule has 0 bridgehead atoms.